The number of aromatic nitrogens is 1. The SMILES string of the molecule is C[C@]1(c2ccc(-c3[nH]c4cc(F)cc5c4c3CONC5=O)cc2)CCCN1. The Kier molecular flexibility index (Phi) is 3.60. The van der Waals surface area contributed by atoms with Crippen LogP contribution in [-0.4, -0.2) is 17.4 Å². The topological polar surface area (TPSA) is 66.1 Å². The summed E-state index contributed by atoms with van der Waals surface area (Å²) in [6.07, 6.45) is 2.30. The fourth-order valence-electron chi connectivity index (χ4n) is 4.31. The molecule has 3 aromatic rings. The van der Waals surface area contributed by atoms with Crippen molar-refractivity contribution in [3.63, 3.8) is 0 Å². The summed E-state index contributed by atoms with van der Waals surface area (Å²) in [5.74, 6) is -0.885. The lowest BCUT2D eigenvalue weighted by molar-refractivity contribution is 0.0255. The lowest BCUT2D eigenvalue weighted by atomic mass is 9.89. The molecule has 0 spiro atoms. The lowest BCUT2D eigenvalue weighted by Crippen LogP contribution is -2.32. The van der Waals surface area contributed by atoms with Crippen LogP contribution >= 0.6 is 0 Å². The third-order valence-electron chi connectivity index (χ3n) is 5.77. The molecule has 0 unspecified atom stereocenters. The van der Waals surface area contributed by atoms with Gasteiger partial charge < -0.3 is 10.3 Å². The van der Waals surface area contributed by atoms with Gasteiger partial charge in [-0.05, 0) is 49.6 Å². The Morgan fingerprint density at radius 3 is 2.74 bits per heavy atom. The van der Waals surface area contributed by atoms with Crippen molar-refractivity contribution in [2.24, 2.45) is 0 Å². The molecule has 3 heterocycles. The minimum absolute atomic E-state index is 0.0144. The van der Waals surface area contributed by atoms with Gasteiger partial charge in [-0.3, -0.25) is 9.63 Å². The van der Waals surface area contributed by atoms with Gasteiger partial charge in [0, 0.05) is 22.0 Å². The molecule has 1 fully saturated rings. The van der Waals surface area contributed by atoms with Crippen LogP contribution in [-0.2, 0) is 17.0 Å². The van der Waals surface area contributed by atoms with E-state index in [-0.39, 0.29) is 12.1 Å². The number of carbonyl (C=O) groups excluding carboxylic acids is 1. The highest BCUT2D eigenvalue weighted by atomic mass is 19.1. The van der Waals surface area contributed by atoms with Gasteiger partial charge in [0.25, 0.3) is 5.91 Å². The van der Waals surface area contributed by atoms with E-state index < -0.39 is 11.7 Å². The van der Waals surface area contributed by atoms with Gasteiger partial charge in [0.05, 0.1) is 11.3 Å². The van der Waals surface area contributed by atoms with Crippen LogP contribution in [0.4, 0.5) is 4.39 Å². The van der Waals surface area contributed by atoms with Gasteiger partial charge in [-0.1, -0.05) is 24.3 Å². The number of hydroxylamine groups is 1. The summed E-state index contributed by atoms with van der Waals surface area (Å²) >= 11 is 0. The molecule has 3 N–H and O–H groups in total. The Labute approximate surface area is 155 Å². The summed E-state index contributed by atoms with van der Waals surface area (Å²) in [4.78, 5) is 20.8. The molecular weight excluding hydrogens is 345 g/mol. The fraction of sp³-hybridized carbons (Fsp3) is 0.286. The van der Waals surface area contributed by atoms with E-state index in [9.17, 15) is 9.18 Å². The molecule has 5 nitrogen and oxygen atoms in total. The van der Waals surface area contributed by atoms with Crippen LogP contribution in [0.3, 0.4) is 0 Å². The second-order valence-corrected chi connectivity index (χ2v) is 7.51. The average Bonchev–Trinajstić information content (AvgIpc) is 3.21. The van der Waals surface area contributed by atoms with Crippen molar-refractivity contribution in [2.75, 3.05) is 6.54 Å². The van der Waals surface area contributed by atoms with Crippen molar-refractivity contribution in [3.05, 3.63) is 58.9 Å². The molecule has 27 heavy (non-hydrogen) atoms. The van der Waals surface area contributed by atoms with Crippen molar-refractivity contribution < 1.29 is 14.0 Å². The van der Waals surface area contributed by atoms with Crippen LogP contribution in [0, 0.1) is 5.82 Å². The Hall–Kier alpha value is -2.70. The minimum Gasteiger partial charge on any atom is -0.354 e. The van der Waals surface area contributed by atoms with E-state index in [0.29, 0.717) is 11.1 Å². The van der Waals surface area contributed by atoms with E-state index in [4.69, 9.17) is 4.84 Å². The number of nitrogens with one attached hydrogen (secondary N) is 3. The van der Waals surface area contributed by atoms with Crippen molar-refractivity contribution >= 4 is 16.8 Å². The Balaban J connectivity index is 1.64. The number of halogens is 1. The molecule has 2 aliphatic rings. The summed E-state index contributed by atoms with van der Waals surface area (Å²) in [5, 5.41) is 4.29. The molecule has 1 aromatic heterocycles. The lowest BCUT2D eigenvalue weighted by Gasteiger charge is -2.25. The molecule has 0 radical (unpaired) electrons. The normalized spacial score (nSPS) is 22.1. The third kappa shape index (κ3) is 2.56. The molecule has 0 saturated carbocycles. The van der Waals surface area contributed by atoms with Gasteiger partial charge in [0.2, 0.25) is 0 Å². The first-order chi connectivity index (χ1) is 13.0. The first kappa shape index (κ1) is 16.5. The molecular formula is C21H20FN3O2. The van der Waals surface area contributed by atoms with Gasteiger partial charge in [-0.2, -0.15) is 0 Å². The molecule has 1 atom stereocenters. The zero-order valence-corrected chi connectivity index (χ0v) is 15.0. The van der Waals surface area contributed by atoms with Crippen LogP contribution in [0.25, 0.3) is 22.2 Å². The predicted octanol–water partition coefficient (Wildman–Crippen LogP) is 3.75. The van der Waals surface area contributed by atoms with E-state index >= 15 is 0 Å². The smallest absolute Gasteiger partial charge is 0.275 e. The van der Waals surface area contributed by atoms with Gasteiger partial charge in [0.1, 0.15) is 12.4 Å². The predicted molar refractivity (Wildman–Crippen MR) is 101 cm³/mol. The third-order valence-corrected chi connectivity index (χ3v) is 5.77. The number of rotatable bonds is 2. The van der Waals surface area contributed by atoms with Crippen molar-refractivity contribution in [1.29, 1.82) is 0 Å². The largest absolute Gasteiger partial charge is 0.354 e. The average molecular weight is 365 g/mol. The number of aromatic amines is 1. The molecule has 2 aromatic carbocycles. The second-order valence-electron chi connectivity index (χ2n) is 7.51. The maximum Gasteiger partial charge on any atom is 0.275 e. The number of amides is 1. The molecule has 5 rings (SSSR count). The van der Waals surface area contributed by atoms with Gasteiger partial charge in [-0.15, -0.1) is 0 Å². The van der Waals surface area contributed by atoms with Crippen LogP contribution in [0.5, 0.6) is 0 Å². The summed E-state index contributed by atoms with van der Waals surface area (Å²) < 4.78 is 14.0. The fourth-order valence-corrected chi connectivity index (χ4v) is 4.31. The van der Waals surface area contributed by atoms with Crippen LogP contribution in [0.1, 0.15) is 41.3 Å². The molecule has 1 saturated heterocycles. The first-order valence-corrected chi connectivity index (χ1v) is 9.17. The van der Waals surface area contributed by atoms with Gasteiger partial charge in [-0.25, -0.2) is 9.87 Å². The van der Waals surface area contributed by atoms with E-state index in [0.717, 1.165) is 35.2 Å². The molecule has 2 aliphatic heterocycles. The van der Waals surface area contributed by atoms with Gasteiger partial charge in [0.15, 0.2) is 0 Å². The zero-order chi connectivity index (χ0) is 18.6. The van der Waals surface area contributed by atoms with Crippen LogP contribution in [0.15, 0.2) is 36.4 Å². The number of benzene rings is 2. The molecule has 0 bridgehead atoms. The maximum absolute atomic E-state index is 14.0. The van der Waals surface area contributed by atoms with Crippen molar-refractivity contribution in [2.45, 2.75) is 31.9 Å². The quantitative estimate of drug-likeness (QED) is 0.648. The van der Waals surface area contributed by atoms with E-state index in [1.807, 2.05) is 0 Å². The Morgan fingerprint density at radius 1 is 1.19 bits per heavy atom. The number of hydrogen-bond donors (Lipinski definition) is 3. The van der Waals surface area contributed by atoms with Gasteiger partial charge >= 0.3 is 0 Å². The van der Waals surface area contributed by atoms with Crippen molar-refractivity contribution in [1.82, 2.24) is 15.8 Å². The minimum atomic E-state index is -0.454. The maximum atomic E-state index is 14.0. The molecule has 138 valence electrons. The number of carbonyl (C=O) groups is 1. The Morgan fingerprint density at radius 2 is 2.00 bits per heavy atom. The highest BCUT2D eigenvalue weighted by molar-refractivity contribution is 6.09. The van der Waals surface area contributed by atoms with E-state index in [1.54, 1.807) is 0 Å². The van der Waals surface area contributed by atoms with Crippen molar-refractivity contribution in [3.8, 4) is 11.3 Å². The molecule has 0 aliphatic carbocycles. The first-order valence-electron chi connectivity index (χ1n) is 9.17. The second kappa shape index (κ2) is 5.90. The Bertz CT molecular complexity index is 1050. The molecule has 1 amide bonds. The summed E-state index contributed by atoms with van der Waals surface area (Å²) in [6, 6.07) is 11.1. The number of H-pyrrole nitrogens is 1. The molecule has 6 heteroatoms. The number of hydrogen-bond acceptors (Lipinski definition) is 3. The summed E-state index contributed by atoms with van der Waals surface area (Å²) in [5.41, 5.74) is 7.22. The van der Waals surface area contributed by atoms with Crippen LogP contribution < -0.4 is 10.8 Å². The van der Waals surface area contributed by atoms with E-state index in [1.165, 1.54) is 24.1 Å². The standard InChI is InChI=1S/C21H20FN3O2/c1-21(7-2-8-23-21)13-5-3-12(4-6-13)19-16-11-27-25-20(26)15-9-14(22)10-17(24-19)18(15)16/h3-6,9-10,23-24H,2,7-8,11H2,1H3,(H,25,26)/t21-/m1/s1. The van der Waals surface area contributed by atoms with Crippen LogP contribution in [0.2, 0.25) is 0 Å². The monoisotopic (exact) mass is 365 g/mol. The summed E-state index contributed by atoms with van der Waals surface area (Å²) in [6.45, 7) is 3.49. The van der Waals surface area contributed by atoms with E-state index in [2.05, 4.69) is 47.0 Å². The zero-order valence-electron chi connectivity index (χ0n) is 15.0. The summed E-state index contributed by atoms with van der Waals surface area (Å²) in [7, 11) is 0. The highest BCUT2D eigenvalue weighted by Gasteiger charge is 2.30. The highest BCUT2D eigenvalue weighted by Crippen LogP contribution is 2.36.